The molecule has 0 aliphatic rings. The molecule has 0 aromatic heterocycles. The molecular weight excluding hydrogens is 493 g/mol. The van der Waals surface area contributed by atoms with E-state index < -0.39 is 30.1 Å². The number of carbonyl (C=O) groups is 4. The minimum atomic E-state index is -1.02. The van der Waals surface area contributed by atoms with Crippen LogP contribution in [0.15, 0.2) is 34.9 Å². The first-order chi connectivity index (χ1) is 16.3. The fraction of sp³-hybridized carbons (Fsp3) is 0.560. The van der Waals surface area contributed by atoms with Crippen LogP contribution in [0, 0.1) is 6.92 Å². The van der Waals surface area contributed by atoms with Crippen LogP contribution in [0.2, 0.25) is 0 Å². The monoisotopic (exact) mass is 535 g/mol. The number of rotatable bonds is 15. The molecule has 0 radical (unpaired) electrons. The standard InChI is InChI=1S/C22H35N2O4.C3H7NO2S.Na/c1-6-15(2)9-7-10-16(3)11-8-12-17(4)21(23)22(28)19(24-18(5)25)13-14-20(26)27;4-2(1-7)3(5)6;/h6,10,12,19,21H,1,7-9,11,13-14,23H2,2-5H3,(H,24,25)(H,26,27);2,7H,1,4H2,(H,5,6);/q-1;;+1. The molecule has 3 unspecified atom stereocenters. The first-order valence-corrected chi connectivity index (χ1v) is 12.0. The van der Waals surface area contributed by atoms with E-state index in [0.29, 0.717) is 0 Å². The van der Waals surface area contributed by atoms with Crippen LogP contribution in [-0.2, 0) is 19.2 Å². The Morgan fingerprint density at radius 2 is 1.47 bits per heavy atom. The van der Waals surface area contributed by atoms with Gasteiger partial charge in [0.25, 0.3) is 0 Å². The van der Waals surface area contributed by atoms with Gasteiger partial charge in [0.15, 0.2) is 5.78 Å². The number of aliphatic carboxylic acids is 2. The van der Waals surface area contributed by atoms with Gasteiger partial charge in [0.1, 0.15) is 6.04 Å². The van der Waals surface area contributed by atoms with E-state index in [-0.39, 0.29) is 59.8 Å². The third-order valence-electron chi connectivity index (χ3n) is 5.06. The predicted molar refractivity (Wildman–Crippen MR) is 142 cm³/mol. The smallest absolute Gasteiger partial charge is 0.481 e. The van der Waals surface area contributed by atoms with Gasteiger partial charge in [-0.2, -0.15) is 12.6 Å². The Balaban J connectivity index is -0.00000118. The van der Waals surface area contributed by atoms with Gasteiger partial charge in [0.05, 0.1) is 12.1 Å². The largest absolute Gasteiger partial charge is 1.00 e. The van der Waals surface area contributed by atoms with Crippen molar-refractivity contribution in [3.05, 3.63) is 41.9 Å². The molecular formula is C25H42N3NaO6S. The molecule has 11 heteroatoms. The molecule has 200 valence electrons. The molecule has 0 saturated carbocycles. The number of thiol groups is 1. The number of carboxylic acid groups (broad SMARTS) is 2. The summed E-state index contributed by atoms with van der Waals surface area (Å²) >= 11 is 3.65. The van der Waals surface area contributed by atoms with Crippen molar-refractivity contribution in [2.75, 3.05) is 5.75 Å². The summed E-state index contributed by atoms with van der Waals surface area (Å²) in [6.45, 7) is 11.0. The number of carbonyl (C=O) groups excluding carboxylic acids is 2. The van der Waals surface area contributed by atoms with Crippen molar-refractivity contribution in [1.82, 2.24) is 5.32 Å². The van der Waals surface area contributed by atoms with Gasteiger partial charge in [-0.15, -0.1) is 6.92 Å². The van der Waals surface area contributed by atoms with Crippen molar-refractivity contribution in [1.29, 1.82) is 0 Å². The number of hydrogen-bond donors (Lipinski definition) is 6. The van der Waals surface area contributed by atoms with Crippen molar-refractivity contribution in [3.8, 4) is 0 Å². The number of ketones is 1. The van der Waals surface area contributed by atoms with E-state index in [9.17, 15) is 19.2 Å². The third-order valence-corrected chi connectivity index (χ3v) is 5.46. The summed E-state index contributed by atoms with van der Waals surface area (Å²) in [6, 6.07) is -2.57. The van der Waals surface area contributed by atoms with Crippen LogP contribution in [0.3, 0.4) is 0 Å². The molecule has 7 N–H and O–H groups in total. The van der Waals surface area contributed by atoms with E-state index in [0.717, 1.165) is 31.3 Å². The molecule has 0 aromatic carbocycles. The first-order valence-electron chi connectivity index (χ1n) is 11.4. The van der Waals surface area contributed by atoms with Crippen LogP contribution in [0.25, 0.3) is 0 Å². The van der Waals surface area contributed by atoms with E-state index in [1.807, 2.05) is 12.2 Å². The zero-order chi connectivity index (χ0) is 27.6. The van der Waals surface area contributed by atoms with Gasteiger partial charge in [-0.1, -0.05) is 29.7 Å². The maximum Gasteiger partial charge on any atom is 1.00 e. The molecule has 1 amide bonds. The van der Waals surface area contributed by atoms with E-state index >= 15 is 0 Å². The van der Waals surface area contributed by atoms with Gasteiger partial charge in [-0.25, -0.2) is 18.6 Å². The Hall–Kier alpha value is -1.56. The molecule has 36 heavy (non-hydrogen) atoms. The second-order valence-electron chi connectivity index (χ2n) is 8.32. The van der Waals surface area contributed by atoms with E-state index in [1.165, 1.54) is 18.1 Å². The van der Waals surface area contributed by atoms with Crippen molar-refractivity contribution in [2.45, 2.75) is 84.3 Å². The summed E-state index contributed by atoms with van der Waals surface area (Å²) in [6.07, 6.45) is 9.44. The fourth-order valence-electron chi connectivity index (χ4n) is 2.72. The van der Waals surface area contributed by atoms with Gasteiger partial charge in [-0.3, -0.25) is 19.2 Å². The number of amides is 1. The van der Waals surface area contributed by atoms with Crippen LogP contribution < -0.4 is 46.3 Å². The Bertz CT molecular complexity index is 799. The summed E-state index contributed by atoms with van der Waals surface area (Å²) in [7, 11) is 0. The molecule has 9 nitrogen and oxygen atoms in total. The van der Waals surface area contributed by atoms with Gasteiger partial charge in [0, 0.05) is 19.1 Å². The minimum absolute atomic E-state index is 0. The zero-order valence-electron chi connectivity index (χ0n) is 22.3. The van der Waals surface area contributed by atoms with E-state index in [4.69, 9.17) is 21.7 Å². The summed E-state index contributed by atoms with van der Waals surface area (Å²) in [5, 5.41) is 19.3. The fourth-order valence-corrected chi connectivity index (χ4v) is 2.88. The SMILES string of the molecule is NC(CS)C(=O)O.[CH2-]C=C(C)CCC=C(C)CCC=C(C)C(N)C(=O)C(CCC(=O)O)NC(C)=O.[Na+]. The predicted octanol–water partition coefficient (Wildman–Crippen LogP) is -0.182. The Labute approximate surface area is 242 Å². The Kier molecular flexibility index (Phi) is 24.5. The molecule has 0 heterocycles. The van der Waals surface area contributed by atoms with E-state index in [2.05, 4.69) is 44.8 Å². The average Bonchev–Trinajstić information content (AvgIpc) is 2.79. The molecule has 0 fully saturated rings. The molecule has 0 spiro atoms. The zero-order valence-corrected chi connectivity index (χ0v) is 25.1. The van der Waals surface area contributed by atoms with Crippen molar-refractivity contribution < 1.29 is 58.9 Å². The van der Waals surface area contributed by atoms with Crippen LogP contribution in [0.4, 0.5) is 0 Å². The van der Waals surface area contributed by atoms with Gasteiger partial charge in [0.2, 0.25) is 5.91 Å². The number of allylic oxidation sites excluding steroid dienone is 5. The number of nitrogens with one attached hydrogen (secondary N) is 1. The molecule has 0 aromatic rings. The normalized spacial score (nSPS) is 14.4. The van der Waals surface area contributed by atoms with Crippen LogP contribution in [0.1, 0.15) is 66.2 Å². The molecule has 3 atom stereocenters. The first kappa shape index (κ1) is 39.0. The second-order valence-corrected chi connectivity index (χ2v) is 8.68. The number of nitrogens with two attached hydrogens (primary N) is 2. The summed E-state index contributed by atoms with van der Waals surface area (Å²) < 4.78 is 0. The molecule has 0 bridgehead atoms. The van der Waals surface area contributed by atoms with Crippen LogP contribution in [-0.4, -0.2) is 57.7 Å². The maximum atomic E-state index is 12.6. The van der Waals surface area contributed by atoms with Gasteiger partial charge < -0.3 is 27.0 Å². The van der Waals surface area contributed by atoms with Crippen LogP contribution >= 0.6 is 12.6 Å². The second kappa shape index (κ2) is 22.6. The topological polar surface area (TPSA) is 173 Å². The average molecular weight is 536 g/mol. The summed E-state index contributed by atoms with van der Waals surface area (Å²) in [5.74, 6) is -2.59. The maximum absolute atomic E-state index is 12.6. The van der Waals surface area contributed by atoms with Crippen molar-refractivity contribution >= 4 is 36.3 Å². The molecule has 0 aliphatic carbocycles. The summed E-state index contributed by atoms with van der Waals surface area (Å²) in [5.41, 5.74) is 14.2. The number of Topliss-reactive ketones (excluding diaryl/α,β-unsaturated/α-hetero) is 1. The van der Waals surface area contributed by atoms with Crippen molar-refractivity contribution in [3.63, 3.8) is 0 Å². The Morgan fingerprint density at radius 3 is 1.89 bits per heavy atom. The van der Waals surface area contributed by atoms with E-state index in [1.54, 1.807) is 6.92 Å². The van der Waals surface area contributed by atoms with Crippen molar-refractivity contribution in [2.24, 2.45) is 11.5 Å². The molecule has 0 rings (SSSR count). The Morgan fingerprint density at radius 1 is 0.944 bits per heavy atom. The molecule has 0 aliphatic heterocycles. The number of carboxylic acids is 2. The van der Waals surface area contributed by atoms with Gasteiger partial charge >= 0.3 is 41.5 Å². The van der Waals surface area contributed by atoms with Crippen LogP contribution in [0.5, 0.6) is 0 Å². The quantitative estimate of drug-likeness (QED) is 0.0725. The summed E-state index contributed by atoms with van der Waals surface area (Å²) in [4.78, 5) is 44.4. The van der Waals surface area contributed by atoms with Gasteiger partial charge in [-0.05, 0) is 39.5 Å². The minimum Gasteiger partial charge on any atom is -0.481 e. The number of hydrogen-bond acceptors (Lipinski definition) is 7. The molecule has 0 saturated heterocycles. The third kappa shape index (κ3) is 20.6.